The molecule has 0 aliphatic carbocycles. The fraction of sp³-hybridized carbons (Fsp3) is 0.444. The van der Waals surface area contributed by atoms with E-state index in [-0.39, 0.29) is 22.7 Å². The molecule has 2 N–H and O–H groups in total. The Morgan fingerprint density at radius 1 is 1.40 bits per heavy atom. The maximum Gasteiger partial charge on any atom is 0.418 e. The zero-order valence-electron chi connectivity index (χ0n) is 8.39. The molecule has 84 valence electrons. The quantitative estimate of drug-likeness (QED) is 0.760. The van der Waals surface area contributed by atoms with E-state index in [9.17, 15) is 13.2 Å². The monoisotopic (exact) mass is 236 g/mol. The first kappa shape index (κ1) is 12.2. The summed E-state index contributed by atoms with van der Waals surface area (Å²) in [6.45, 7) is 3.30. The fourth-order valence-corrected chi connectivity index (χ4v) is 1.46. The summed E-state index contributed by atoms with van der Waals surface area (Å²) >= 11 is 0. The van der Waals surface area contributed by atoms with Gasteiger partial charge in [-0.15, -0.1) is 9.24 Å². The lowest BCUT2D eigenvalue weighted by molar-refractivity contribution is -0.138. The number of pyridine rings is 1. The second-order valence-electron chi connectivity index (χ2n) is 3.55. The van der Waals surface area contributed by atoms with Crippen molar-refractivity contribution in [3.05, 3.63) is 17.3 Å². The Morgan fingerprint density at radius 3 is 2.33 bits per heavy atom. The molecule has 0 spiro atoms. The van der Waals surface area contributed by atoms with Crippen LogP contribution in [0.2, 0.25) is 0 Å². The van der Waals surface area contributed by atoms with E-state index in [0.717, 1.165) is 6.07 Å². The van der Waals surface area contributed by atoms with Gasteiger partial charge in [0.2, 0.25) is 0 Å². The minimum Gasteiger partial charge on any atom is -0.383 e. The van der Waals surface area contributed by atoms with E-state index in [2.05, 4.69) is 14.2 Å². The summed E-state index contributed by atoms with van der Waals surface area (Å²) in [5.74, 6) is -0.189. The van der Waals surface area contributed by atoms with Crippen LogP contribution in [0.5, 0.6) is 0 Å². The zero-order chi connectivity index (χ0) is 11.8. The van der Waals surface area contributed by atoms with Crippen LogP contribution in [0.1, 0.15) is 31.0 Å². The molecule has 0 aromatic carbocycles. The summed E-state index contributed by atoms with van der Waals surface area (Å²) in [4.78, 5) is 3.78. The molecule has 1 aromatic rings. The van der Waals surface area contributed by atoms with Crippen LogP contribution < -0.4 is 11.0 Å². The molecule has 15 heavy (non-hydrogen) atoms. The molecule has 1 unspecified atom stereocenters. The van der Waals surface area contributed by atoms with Gasteiger partial charge in [-0.2, -0.15) is 13.2 Å². The summed E-state index contributed by atoms with van der Waals surface area (Å²) < 4.78 is 37.9. The van der Waals surface area contributed by atoms with Crippen molar-refractivity contribution < 1.29 is 13.2 Å². The van der Waals surface area contributed by atoms with Gasteiger partial charge in [0.15, 0.2) is 0 Å². The molecule has 0 fully saturated rings. The predicted octanol–water partition coefficient (Wildman–Crippen LogP) is 2.31. The molecule has 0 amide bonds. The highest BCUT2D eigenvalue weighted by atomic mass is 31.0. The van der Waals surface area contributed by atoms with Crippen molar-refractivity contribution in [1.29, 1.82) is 0 Å². The van der Waals surface area contributed by atoms with Crippen LogP contribution in [0.3, 0.4) is 0 Å². The van der Waals surface area contributed by atoms with Crippen LogP contribution >= 0.6 is 9.24 Å². The molecule has 1 aromatic heterocycles. The fourth-order valence-electron chi connectivity index (χ4n) is 1.23. The van der Waals surface area contributed by atoms with Crippen LogP contribution in [0.15, 0.2) is 6.07 Å². The van der Waals surface area contributed by atoms with Crippen molar-refractivity contribution in [2.75, 3.05) is 5.73 Å². The van der Waals surface area contributed by atoms with E-state index in [1.165, 1.54) is 0 Å². The largest absolute Gasteiger partial charge is 0.418 e. The second-order valence-corrected chi connectivity index (χ2v) is 4.17. The first-order valence-corrected chi connectivity index (χ1v) is 4.94. The third-order valence-corrected chi connectivity index (χ3v) is 2.43. The number of halogens is 3. The summed E-state index contributed by atoms with van der Waals surface area (Å²) in [5, 5.41) is 0.270. The third kappa shape index (κ3) is 2.59. The first-order chi connectivity index (χ1) is 6.73. The van der Waals surface area contributed by atoms with Crippen molar-refractivity contribution in [3.63, 3.8) is 0 Å². The normalized spacial score (nSPS) is 12.2. The Hall–Kier alpha value is -0.830. The molecule has 0 aliphatic rings. The SMILES string of the molecule is CC(C)c1nc(N)c(P)cc1C(F)(F)F. The lowest BCUT2D eigenvalue weighted by atomic mass is 10.0. The van der Waals surface area contributed by atoms with E-state index >= 15 is 0 Å². The van der Waals surface area contributed by atoms with Crippen LogP contribution in [0.4, 0.5) is 19.0 Å². The number of nitrogen functional groups attached to an aromatic ring is 1. The Bertz CT molecular complexity index is 374. The average molecular weight is 236 g/mol. The van der Waals surface area contributed by atoms with Crippen LogP contribution in [0.25, 0.3) is 0 Å². The summed E-state index contributed by atoms with van der Waals surface area (Å²) in [6, 6.07) is 1.02. The number of hydrogen-bond donors (Lipinski definition) is 1. The number of nitrogens with zero attached hydrogens (tertiary/aromatic N) is 1. The van der Waals surface area contributed by atoms with Crippen molar-refractivity contribution in [3.8, 4) is 0 Å². The molecule has 0 radical (unpaired) electrons. The Kier molecular flexibility index (Phi) is 3.24. The van der Waals surface area contributed by atoms with Gasteiger partial charge in [0.05, 0.1) is 11.3 Å². The van der Waals surface area contributed by atoms with Gasteiger partial charge in [0, 0.05) is 5.30 Å². The smallest absolute Gasteiger partial charge is 0.383 e. The topological polar surface area (TPSA) is 38.9 Å². The van der Waals surface area contributed by atoms with Crippen molar-refractivity contribution in [2.24, 2.45) is 0 Å². The van der Waals surface area contributed by atoms with Gasteiger partial charge in [-0.25, -0.2) is 4.98 Å². The zero-order valence-corrected chi connectivity index (χ0v) is 9.55. The van der Waals surface area contributed by atoms with Crippen molar-refractivity contribution >= 4 is 20.4 Å². The molecule has 0 aliphatic heterocycles. The Balaban J connectivity index is 3.42. The average Bonchev–Trinajstić information content (AvgIpc) is 2.06. The number of alkyl halides is 3. The van der Waals surface area contributed by atoms with Gasteiger partial charge in [-0.05, 0) is 12.0 Å². The summed E-state index contributed by atoms with van der Waals surface area (Å²) in [5.41, 5.74) is 4.75. The minimum atomic E-state index is -4.38. The van der Waals surface area contributed by atoms with E-state index in [1.807, 2.05) is 0 Å². The van der Waals surface area contributed by atoms with Crippen LogP contribution in [0, 0.1) is 0 Å². The van der Waals surface area contributed by atoms with Crippen LogP contribution in [-0.2, 0) is 6.18 Å². The molecule has 6 heteroatoms. The number of nitrogens with two attached hydrogens (primary N) is 1. The molecular weight excluding hydrogens is 224 g/mol. The van der Waals surface area contributed by atoms with Crippen molar-refractivity contribution in [1.82, 2.24) is 4.98 Å². The Morgan fingerprint density at radius 2 is 1.93 bits per heavy atom. The molecular formula is C9H12F3N2P. The molecule has 1 heterocycles. The predicted molar refractivity (Wildman–Crippen MR) is 57.1 cm³/mol. The van der Waals surface area contributed by atoms with Gasteiger partial charge in [-0.3, -0.25) is 0 Å². The number of anilines is 1. The van der Waals surface area contributed by atoms with Gasteiger partial charge >= 0.3 is 6.18 Å². The van der Waals surface area contributed by atoms with Gasteiger partial charge in [0.25, 0.3) is 0 Å². The first-order valence-electron chi connectivity index (χ1n) is 4.36. The van der Waals surface area contributed by atoms with Crippen LogP contribution in [-0.4, -0.2) is 4.98 Å². The molecule has 0 saturated carbocycles. The highest BCUT2D eigenvalue weighted by molar-refractivity contribution is 7.28. The lowest BCUT2D eigenvalue weighted by Crippen LogP contribution is -2.17. The number of hydrogen-bond acceptors (Lipinski definition) is 2. The highest BCUT2D eigenvalue weighted by Crippen LogP contribution is 2.34. The standard InChI is InChI=1S/C9H12F3N2P/c1-4(2)7-5(9(10,11)12)3-6(15)8(13)14-7/h3-4H,15H2,1-2H3,(H2,13,14). The van der Waals surface area contributed by atoms with Gasteiger partial charge in [-0.1, -0.05) is 13.8 Å². The number of rotatable bonds is 1. The summed E-state index contributed by atoms with van der Waals surface area (Å²) in [6.07, 6.45) is -4.38. The maximum absolute atomic E-state index is 12.6. The van der Waals surface area contributed by atoms with Gasteiger partial charge < -0.3 is 5.73 Å². The van der Waals surface area contributed by atoms with Gasteiger partial charge in [0.1, 0.15) is 5.82 Å². The number of aromatic nitrogens is 1. The van der Waals surface area contributed by atoms with E-state index < -0.39 is 11.7 Å². The molecule has 1 rings (SSSR count). The van der Waals surface area contributed by atoms with E-state index in [0.29, 0.717) is 0 Å². The molecule has 2 nitrogen and oxygen atoms in total. The maximum atomic E-state index is 12.6. The minimum absolute atomic E-state index is 0.00815. The lowest BCUT2D eigenvalue weighted by Gasteiger charge is -2.16. The molecule has 0 saturated heterocycles. The molecule has 0 bridgehead atoms. The van der Waals surface area contributed by atoms with Crippen molar-refractivity contribution in [2.45, 2.75) is 25.9 Å². The second kappa shape index (κ2) is 3.97. The highest BCUT2D eigenvalue weighted by Gasteiger charge is 2.35. The summed E-state index contributed by atoms with van der Waals surface area (Å²) in [7, 11) is 2.15. The third-order valence-electron chi connectivity index (χ3n) is 1.96. The van der Waals surface area contributed by atoms with E-state index in [1.54, 1.807) is 13.8 Å². The van der Waals surface area contributed by atoms with E-state index in [4.69, 9.17) is 5.73 Å². The molecule has 1 atom stereocenters. The Labute approximate surface area is 88.3 Å².